The van der Waals surface area contributed by atoms with Gasteiger partial charge in [-0.2, -0.15) is 0 Å². The van der Waals surface area contributed by atoms with Crippen LogP contribution in [0.1, 0.15) is 0 Å². The van der Waals surface area contributed by atoms with E-state index in [0.717, 1.165) is 16.6 Å². The van der Waals surface area contributed by atoms with Crippen LogP contribution < -0.4 is 5.32 Å². The van der Waals surface area contributed by atoms with Gasteiger partial charge >= 0.3 is 0 Å². The highest BCUT2D eigenvalue weighted by molar-refractivity contribution is 5.97. The summed E-state index contributed by atoms with van der Waals surface area (Å²) < 4.78 is 0. The summed E-state index contributed by atoms with van der Waals surface area (Å²) >= 11 is 0. The van der Waals surface area contributed by atoms with Gasteiger partial charge in [-0.3, -0.25) is 4.98 Å². The Hall–Kier alpha value is -2.75. The molecule has 92 valence electrons. The molecule has 1 N–H and O–H groups in total. The van der Waals surface area contributed by atoms with Gasteiger partial charge in [0.05, 0.1) is 11.2 Å². The van der Waals surface area contributed by atoms with Crippen molar-refractivity contribution < 1.29 is 0 Å². The molecule has 4 heteroatoms. The van der Waals surface area contributed by atoms with Crippen molar-refractivity contribution in [3.05, 3.63) is 65.7 Å². The van der Waals surface area contributed by atoms with Gasteiger partial charge in [-0.05, 0) is 41.6 Å². The second-order valence-corrected chi connectivity index (χ2v) is 4.11. The Morgan fingerprint density at radius 3 is 2.58 bits per heavy atom. The highest BCUT2D eigenvalue weighted by Gasteiger charge is 2.08. The van der Waals surface area contributed by atoms with Crippen molar-refractivity contribution in [3.63, 3.8) is 0 Å². The molecular formula is C15H11N3O. The summed E-state index contributed by atoms with van der Waals surface area (Å²) in [5.41, 5.74) is 2.74. The van der Waals surface area contributed by atoms with Crippen LogP contribution in [0.3, 0.4) is 0 Å². The molecule has 0 spiro atoms. The molecule has 0 aliphatic rings. The minimum Gasteiger partial charge on any atom is -0.354 e. The third-order valence-electron chi connectivity index (χ3n) is 2.90. The zero-order valence-electron chi connectivity index (χ0n) is 10.1. The number of para-hydroxylation sites is 1. The number of benzene rings is 2. The summed E-state index contributed by atoms with van der Waals surface area (Å²) in [5.74, 6) is 0. The van der Waals surface area contributed by atoms with Crippen LogP contribution in [0.15, 0.2) is 66.0 Å². The van der Waals surface area contributed by atoms with E-state index in [1.54, 1.807) is 12.3 Å². The van der Waals surface area contributed by atoms with Gasteiger partial charge in [0.25, 0.3) is 0 Å². The van der Waals surface area contributed by atoms with Crippen LogP contribution in [0.25, 0.3) is 10.9 Å². The highest BCUT2D eigenvalue weighted by Crippen LogP contribution is 2.34. The Kier molecular flexibility index (Phi) is 2.90. The molecule has 0 atom stereocenters. The van der Waals surface area contributed by atoms with Crippen LogP contribution >= 0.6 is 0 Å². The molecule has 19 heavy (non-hydrogen) atoms. The first kappa shape index (κ1) is 11.3. The number of fused-ring (bicyclic) bond motifs is 1. The highest BCUT2D eigenvalue weighted by atomic mass is 16.3. The number of pyridine rings is 1. The van der Waals surface area contributed by atoms with E-state index in [2.05, 4.69) is 15.5 Å². The molecule has 0 fully saturated rings. The average Bonchev–Trinajstić information content (AvgIpc) is 2.48. The van der Waals surface area contributed by atoms with E-state index in [1.165, 1.54) is 0 Å². The predicted octanol–water partition coefficient (Wildman–Crippen LogP) is 4.38. The average molecular weight is 249 g/mol. The maximum Gasteiger partial charge on any atom is 0.140 e. The maximum atomic E-state index is 11.1. The maximum absolute atomic E-state index is 11.1. The minimum atomic E-state index is 0.384. The molecule has 0 aliphatic carbocycles. The van der Waals surface area contributed by atoms with Crippen molar-refractivity contribution in [2.45, 2.75) is 0 Å². The lowest BCUT2D eigenvalue weighted by molar-refractivity contribution is 1.40. The van der Waals surface area contributed by atoms with E-state index in [0.29, 0.717) is 11.4 Å². The number of nitrogens with zero attached hydrogens (tertiary/aromatic N) is 2. The van der Waals surface area contributed by atoms with Crippen LogP contribution in [-0.2, 0) is 0 Å². The smallest absolute Gasteiger partial charge is 0.140 e. The Morgan fingerprint density at radius 2 is 1.79 bits per heavy atom. The van der Waals surface area contributed by atoms with Crippen LogP contribution in [0.4, 0.5) is 17.1 Å². The fourth-order valence-electron chi connectivity index (χ4n) is 2.01. The van der Waals surface area contributed by atoms with E-state index in [4.69, 9.17) is 0 Å². The Morgan fingerprint density at radius 1 is 0.947 bits per heavy atom. The lowest BCUT2D eigenvalue weighted by atomic mass is 10.1. The van der Waals surface area contributed by atoms with Gasteiger partial charge in [0, 0.05) is 17.3 Å². The van der Waals surface area contributed by atoms with E-state index in [1.807, 2.05) is 48.5 Å². The quantitative estimate of drug-likeness (QED) is 0.701. The zero-order valence-corrected chi connectivity index (χ0v) is 10.1. The molecule has 0 saturated heterocycles. The Bertz CT molecular complexity index is 726. The first-order valence-electron chi connectivity index (χ1n) is 5.91. The molecule has 0 radical (unpaired) electrons. The Labute approximate surface area is 110 Å². The molecule has 2 aromatic carbocycles. The lowest BCUT2D eigenvalue weighted by Crippen LogP contribution is -1.91. The van der Waals surface area contributed by atoms with Crippen LogP contribution in [0, 0.1) is 4.91 Å². The molecule has 0 saturated carbocycles. The number of aromatic nitrogens is 1. The molecule has 1 heterocycles. The van der Waals surface area contributed by atoms with Crippen molar-refractivity contribution in [1.29, 1.82) is 0 Å². The standard InChI is InChI=1S/C15H11N3O/c19-18-15-12-7-4-10-16-13(12)8-9-14(15)17-11-5-2-1-3-6-11/h1-10,17H. The van der Waals surface area contributed by atoms with Gasteiger partial charge in [-0.1, -0.05) is 18.2 Å². The van der Waals surface area contributed by atoms with Crippen molar-refractivity contribution in [3.8, 4) is 0 Å². The van der Waals surface area contributed by atoms with E-state index >= 15 is 0 Å². The SMILES string of the molecule is O=Nc1c(Nc2ccccc2)ccc2ncccc12. The predicted molar refractivity (Wildman–Crippen MR) is 76.9 cm³/mol. The fraction of sp³-hybridized carbons (Fsp3) is 0. The summed E-state index contributed by atoms with van der Waals surface area (Å²) in [7, 11) is 0. The molecule has 3 rings (SSSR count). The van der Waals surface area contributed by atoms with Gasteiger partial charge in [-0.25, -0.2) is 0 Å². The zero-order chi connectivity index (χ0) is 13.1. The topological polar surface area (TPSA) is 54.4 Å². The summed E-state index contributed by atoms with van der Waals surface area (Å²) in [4.78, 5) is 15.3. The molecule has 0 aliphatic heterocycles. The van der Waals surface area contributed by atoms with Crippen molar-refractivity contribution in [2.75, 3.05) is 5.32 Å². The third-order valence-corrected chi connectivity index (χ3v) is 2.90. The summed E-state index contributed by atoms with van der Waals surface area (Å²) in [6.45, 7) is 0. The number of anilines is 2. The van der Waals surface area contributed by atoms with E-state index < -0.39 is 0 Å². The number of hydrogen-bond donors (Lipinski definition) is 1. The van der Waals surface area contributed by atoms with Crippen molar-refractivity contribution >= 4 is 28.0 Å². The van der Waals surface area contributed by atoms with Crippen LogP contribution in [-0.4, -0.2) is 4.98 Å². The van der Waals surface area contributed by atoms with Gasteiger partial charge in [0.2, 0.25) is 0 Å². The molecule has 1 aromatic heterocycles. The van der Waals surface area contributed by atoms with Crippen LogP contribution in [0.2, 0.25) is 0 Å². The number of rotatable bonds is 3. The number of nitroso groups, excluding NO2 is 1. The minimum absolute atomic E-state index is 0.384. The summed E-state index contributed by atoms with van der Waals surface area (Å²) in [6, 6.07) is 17.0. The van der Waals surface area contributed by atoms with Gasteiger partial charge in [0.15, 0.2) is 0 Å². The van der Waals surface area contributed by atoms with Crippen molar-refractivity contribution in [2.24, 2.45) is 5.18 Å². The van der Waals surface area contributed by atoms with E-state index in [9.17, 15) is 4.91 Å². The number of hydrogen-bond acceptors (Lipinski definition) is 4. The molecule has 3 aromatic rings. The Balaban J connectivity index is 2.11. The number of nitrogens with one attached hydrogen (secondary N) is 1. The second-order valence-electron chi connectivity index (χ2n) is 4.11. The summed E-state index contributed by atoms with van der Waals surface area (Å²) in [6.07, 6.45) is 1.70. The third kappa shape index (κ3) is 2.15. The monoisotopic (exact) mass is 249 g/mol. The molecular weight excluding hydrogens is 238 g/mol. The van der Waals surface area contributed by atoms with E-state index in [-0.39, 0.29) is 0 Å². The second kappa shape index (κ2) is 4.86. The molecule has 4 nitrogen and oxygen atoms in total. The first-order chi connectivity index (χ1) is 9.38. The molecule has 0 unspecified atom stereocenters. The first-order valence-corrected chi connectivity index (χ1v) is 5.91. The van der Waals surface area contributed by atoms with Gasteiger partial charge in [-0.15, -0.1) is 4.91 Å². The van der Waals surface area contributed by atoms with Gasteiger partial charge in [0.1, 0.15) is 5.69 Å². The van der Waals surface area contributed by atoms with Crippen molar-refractivity contribution in [1.82, 2.24) is 4.98 Å². The normalized spacial score (nSPS) is 10.3. The fourth-order valence-corrected chi connectivity index (χ4v) is 2.01. The molecule has 0 bridgehead atoms. The van der Waals surface area contributed by atoms with Gasteiger partial charge < -0.3 is 5.32 Å². The lowest BCUT2D eigenvalue weighted by Gasteiger charge is -2.09. The van der Waals surface area contributed by atoms with Crippen LogP contribution in [0.5, 0.6) is 0 Å². The largest absolute Gasteiger partial charge is 0.354 e. The summed E-state index contributed by atoms with van der Waals surface area (Å²) in [5, 5.41) is 7.08. The molecule has 0 amide bonds.